The highest BCUT2D eigenvalue weighted by atomic mass is 16.6. The first kappa shape index (κ1) is 22.6. The van der Waals surface area contributed by atoms with Gasteiger partial charge in [-0.3, -0.25) is 9.59 Å². The minimum atomic E-state index is -0.563. The van der Waals surface area contributed by atoms with Crippen LogP contribution in [0.5, 0.6) is 0 Å². The van der Waals surface area contributed by atoms with Gasteiger partial charge >= 0.3 is 11.9 Å². The van der Waals surface area contributed by atoms with Crippen molar-refractivity contribution in [2.45, 2.75) is 79.6 Å². The zero-order chi connectivity index (χ0) is 19.1. The molecule has 140 valence electrons. The van der Waals surface area contributed by atoms with Gasteiger partial charge in [0.05, 0.1) is 25.0 Å². The van der Waals surface area contributed by atoms with Crippen molar-refractivity contribution in [3.8, 4) is 0 Å². The lowest BCUT2D eigenvalue weighted by Crippen LogP contribution is -2.38. The molecule has 5 nitrogen and oxygen atoms in total. The van der Waals surface area contributed by atoms with Crippen molar-refractivity contribution in [1.29, 1.82) is 0 Å². The molecule has 0 heterocycles. The van der Waals surface area contributed by atoms with Crippen LogP contribution in [0.1, 0.15) is 61.8 Å². The molecule has 5 heteroatoms. The van der Waals surface area contributed by atoms with E-state index in [4.69, 9.17) is 14.2 Å². The topological polar surface area (TPSA) is 61.8 Å². The van der Waals surface area contributed by atoms with Gasteiger partial charge in [0.1, 0.15) is 11.7 Å². The summed E-state index contributed by atoms with van der Waals surface area (Å²) < 4.78 is 16.5. The first-order chi connectivity index (χ1) is 10.8. The smallest absolute Gasteiger partial charge is 0.309 e. The molecule has 0 aliphatic carbocycles. The summed E-state index contributed by atoms with van der Waals surface area (Å²) in [6.07, 6.45) is -0.626. The Morgan fingerprint density at radius 3 is 2.04 bits per heavy atom. The van der Waals surface area contributed by atoms with Gasteiger partial charge in [0.2, 0.25) is 0 Å². The molecule has 0 aromatic carbocycles. The highest BCUT2D eigenvalue weighted by Crippen LogP contribution is 2.19. The molecule has 0 bridgehead atoms. The van der Waals surface area contributed by atoms with Crippen LogP contribution in [0, 0.1) is 11.8 Å². The summed E-state index contributed by atoms with van der Waals surface area (Å²) in [6, 6.07) is 0. The standard InChI is InChI=1S/C19H34O5/c1-12(2)11-22-15(6)17(13(3)4)23-18(21)14(5)10-16(20)24-19(7,8)9/h13-15,17H,1,10-11H2,2-9H3/t14-,15+,17+/m1/s1. The Morgan fingerprint density at radius 2 is 1.62 bits per heavy atom. The predicted octanol–water partition coefficient (Wildman–Crippen LogP) is 3.90. The van der Waals surface area contributed by atoms with Crippen molar-refractivity contribution in [3.63, 3.8) is 0 Å². The van der Waals surface area contributed by atoms with Crippen LogP contribution in [0.3, 0.4) is 0 Å². The van der Waals surface area contributed by atoms with Crippen LogP contribution < -0.4 is 0 Å². The zero-order valence-corrected chi connectivity index (χ0v) is 16.5. The quantitative estimate of drug-likeness (QED) is 0.470. The van der Waals surface area contributed by atoms with Gasteiger partial charge in [0.15, 0.2) is 0 Å². The summed E-state index contributed by atoms with van der Waals surface area (Å²) in [5, 5.41) is 0. The Hall–Kier alpha value is -1.36. The largest absolute Gasteiger partial charge is 0.460 e. The van der Waals surface area contributed by atoms with Gasteiger partial charge in [-0.25, -0.2) is 0 Å². The number of rotatable bonds is 9. The number of hydrogen-bond acceptors (Lipinski definition) is 5. The molecular weight excluding hydrogens is 308 g/mol. The molecule has 0 saturated carbocycles. The molecule has 0 fully saturated rings. The summed E-state index contributed by atoms with van der Waals surface area (Å²) in [5.74, 6) is -1.28. The zero-order valence-electron chi connectivity index (χ0n) is 16.5. The Kier molecular flexibility index (Phi) is 9.26. The molecule has 0 N–H and O–H groups in total. The van der Waals surface area contributed by atoms with Crippen LogP contribution in [0.4, 0.5) is 0 Å². The summed E-state index contributed by atoms with van der Waals surface area (Å²) in [5.41, 5.74) is 0.348. The van der Waals surface area contributed by atoms with Gasteiger partial charge in [-0.15, -0.1) is 0 Å². The lowest BCUT2D eigenvalue weighted by Gasteiger charge is -2.28. The van der Waals surface area contributed by atoms with Crippen LogP contribution in [0.2, 0.25) is 0 Å². The fourth-order valence-corrected chi connectivity index (χ4v) is 2.11. The molecule has 0 amide bonds. The van der Waals surface area contributed by atoms with Gasteiger partial charge < -0.3 is 14.2 Å². The molecule has 0 unspecified atom stereocenters. The van der Waals surface area contributed by atoms with E-state index >= 15 is 0 Å². The number of ether oxygens (including phenoxy) is 3. The second-order valence-electron chi connectivity index (χ2n) is 7.81. The second-order valence-corrected chi connectivity index (χ2v) is 7.81. The number of esters is 2. The monoisotopic (exact) mass is 342 g/mol. The maximum atomic E-state index is 12.3. The van der Waals surface area contributed by atoms with Crippen molar-refractivity contribution in [1.82, 2.24) is 0 Å². The molecule has 0 aliphatic heterocycles. The first-order valence-corrected chi connectivity index (χ1v) is 8.51. The number of hydrogen-bond donors (Lipinski definition) is 0. The summed E-state index contributed by atoms with van der Waals surface area (Å²) in [4.78, 5) is 24.1. The normalized spacial score (nSPS) is 15.5. The molecule has 24 heavy (non-hydrogen) atoms. The fourth-order valence-electron chi connectivity index (χ4n) is 2.11. The Bertz CT molecular complexity index is 434. The van der Waals surface area contributed by atoms with E-state index in [1.165, 1.54) is 0 Å². The fraction of sp³-hybridized carbons (Fsp3) is 0.789. The number of carbonyl (C=O) groups excluding carboxylic acids is 2. The molecular formula is C19H34O5. The van der Waals surface area contributed by atoms with E-state index in [1.54, 1.807) is 27.7 Å². The van der Waals surface area contributed by atoms with Crippen LogP contribution >= 0.6 is 0 Å². The van der Waals surface area contributed by atoms with E-state index in [0.29, 0.717) is 6.61 Å². The van der Waals surface area contributed by atoms with Crippen molar-refractivity contribution in [3.05, 3.63) is 12.2 Å². The van der Waals surface area contributed by atoms with E-state index in [-0.39, 0.29) is 24.5 Å². The highest BCUT2D eigenvalue weighted by molar-refractivity contribution is 5.79. The van der Waals surface area contributed by atoms with Crippen LogP contribution in [-0.2, 0) is 23.8 Å². The van der Waals surface area contributed by atoms with Crippen molar-refractivity contribution in [2.75, 3.05) is 6.61 Å². The van der Waals surface area contributed by atoms with Crippen LogP contribution in [0.25, 0.3) is 0 Å². The molecule has 3 atom stereocenters. The molecule has 0 rings (SSSR count). The number of carbonyl (C=O) groups is 2. The van der Waals surface area contributed by atoms with Crippen molar-refractivity contribution >= 4 is 11.9 Å². The van der Waals surface area contributed by atoms with Gasteiger partial charge in [-0.1, -0.05) is 32.9 Å². The molecule has 0 saturated heterocycles. The molecule has 0 aromatic heterocycles. The van der Waals surface area contributed by atoms with Crippen molar-refractivity contribution in [2.24, 2.45) is 11.8 Å². The summed E-state index contributed by atoms with van der Waals surface area (Å²) >= 11 is 0. The average molecular weight is 342 g/mol. The highest BCUT2D eigenvalue weighted by Gasteiger charge is 2.29. The van der Waals surface area contributed by atoms with E-state index in [1.807, 2.05) is 27.7 Å². The first-order valence-electron chi connectivity index (χ1n) is 8.51. The van der Waals surface area contributed by atoms with Gasteiger partial charge in [-0.05, 0) is 40.5 Å². The lowest BCUT2D eigenvalue weighted by atomic mass is 10.0. The van der Waals surface area contributed by atoms with Crippen molar-refractivity contribution < 1.29 is 23.8 Å². The van der Waals surface area contributed by atoms with E-state index in [2.05, 4.69) is 6.58 Å². The van der Waals surface area contributed by atoms with Crippen LogP contribution in [-0.4, -0.2) is 36.4 Å². The minimum absolute atomic E-state index is 0.00191. The minimum Gasteiger partial charge on any atom is -0.460 e. The Labute approximate surface area is 146 Å². The van der Waals surface area contributed by atoms with E-state index < -0.39 is 23.5 Å². The Balaban J connectivity index is 4.65. The third-order valence-electron chi connectivity index (χ3n) is 3.26. The summed E-state index contributed by atoms with van der Waals surface area (Å²) in [7, 11) is 0. The van der Waals surface area contributed by atoms with Gasteiger partial charge in [0, 0.05) is 0 Å². The van der Waals surface area contributed by atoms with E-state index in [0.717, 1.165) is 5.57 Å². The van der Waals surface area contributed by atoms with Gasteiger partial charge in [0.25, 0.3) is 0 Å². The third kappa shape index (κ3) is 9.71. The molecule has 0 aliphatic rings. The summed E-state index contributed by atoms with van der Waals surface area (Å²) in [6.45, 7) is 19.0. The maximum Gasteiger partial charge on any atom is 0.309 e. The molecule has 0 aromatic rings. The molecule has 0 spiro atoms. The SMILES string of the molecule is C=C(C)CO[C@@H](C)[C@@H](OC(=O)[C@H](C)CC(=O)OC(C)(C)C)C(C)C. The van der Waals surface area contributed by atoms with Crippen LogP contribution in [0.15, 0.2) is 12.2 Å². The maximum absolute atomic E-state index is 12.3. The Morgan fingerprint density at radius 1 is 1.08 bits per heavy atom. The molecule has 0 radical (unpaired) electrons. The van der Waals surface area contributed by atoms with Gasteiger partial charge in [-0.2, -0.15) is 0 Å². The second kappa shape index (κ2) is 9.82. The predicted molar refractivity (Wildman–Crippen MR) is 94.6 cm³/mol. The third-order valence-corrected chi connectivity index (χ3v) is 3.26. The van der Waals surface area contributed by atoms with E-state index in [9.17, 15) is 9.59 Å². The average Bonchev–Trinajstić information content (AvgIpc) is 2.38. The lowest BCUT2D eigenvalue weighted by molar-refractivity contribution is -0.169.